The molecule has 7 heteroatoms. The van der Waals surface area contributed by atoms with E-state index in [0.29, 0.717) is 35.7 Å². The first-order valence-electron chi connectivity index (χ1n) is 7.94. The van der Waals surface area contributed by atoms with E-state index in [4.69, 9.17) is 4.42 Å². The molecule has 0 unspecified atom stereocenters. The van der Waals surface area contributed by atoms with Crippen LogP contribution in [0.4, 0.5) is 0 Å². The Morgan fingerprint density at radius 3 is 2.67 bits per heavy atom. The van der Waals surface area contributed by atoms with E-state index in [2.05, 4.69) is 4.98 Å². The first-order chi connectivity index (χ1) is 11.7. The summed E-state index contributed by atoms with van der Waals surface area (Å²) in [6, 6.07) is 3.43. The van der Waals surface area contributed by atoms with E-state index in [1.54, 1.807) is 29.2 Å². The molecule has 0 bridgehead atoms. The Kier molecular flexibility index (Phi) is 4.61. The largest absolute Gasteiger partial charge is 0.503 e. The van der Waals surface area contributed by atoms with Gasteiger partial charge in [-0.3, -0.25) is 0 Å². The highest BCUT2D eigenvalue weighted by molar-refractivity contribution is 5.67. The van der Waals surface area contributed by atoms with Crippen LogP contribution in [0.15, 0.2) is 35.3 Å². The van der Waals surface area contributed by atoms with Crippen molar-refractivity contribution in [2.24, 2.45) is 0 Å². The van der Waals surface area contributed by atoms with Crippen molar-refractivity contribution in [3.63, 3.8) is 0 Å². The van der Waals surface area contributed by atoms with Crippen molar-refractivity contribution < 1.29 is 19.7 Å². The van der Waals surface area contributed by atoms with Gasteiger partial charge in [0.25, 0.3) is 0 Å². The van der Waals surface area contributed by atoms with E-state index < -0.39 is 0 Å². The zero-order valence-corrected chi connectivity index (χ0v) is 13.5. The number of hydrogen-bond acceptors (Lipinski definition) is 5. The fourth-order valence-corrected chi connectivity index (χ4v) is 2.90. The van der Waals surface area contributed by atoms with Crippen LogP contribution >= 0.6 is 0 Å². The summed E-state index contributed by atoms with van der Waals surface area (Å²) < 4.78 is 9.23. The Balaban J connectivity index is 1.91. The molecule has 0 amide bonds. The minimum Gasteiger partial charge on any atom is -0.503 e. The van der Waals surface area contributed by atoms with Gasteiger partial charge in [0.2, 0.25) is 5.88 Å². The standard InChI is InChI=1S/C17H21N3O4/c1-2-13-15(14-5-4-12(10-21)24-14)20(17(23)16(13)22)8-3-7-19-9-6-18-11-19/h4-6,9,11,21-23H,2-3,7-8,10H2,1H3. The molecule has 24 heavy (non-hydrogen) atoms. The lowest BCUT2D eigenvalue weighted by molar-refractivity contribution is 0.248. The Labute approximate surface area is 139 Å². The lowest BCUT2D eigenvalue weighted by Gasteiger charge is -2.10. The van der Waals surface area contributed by atoms with Gasteiger partial charge in [-0.15, -0.1) is 0 Å². The highest BCUT2D eigenvalue weighted by Crippen LogP contribution is 2.41. The summed E-state index contributed by atoms with van der Waals surface area (Å²) in [6.45, 7) is 2.98. The summed E-state index contributed by atoms with van der Waals surface area (Å²) in [5.41, 5.74) is 1.28. The van der Waals surface area contributed by atoms with Crippen molar-refractivity contribution in [3.05, 3.63) is 42.2 Å². The fourth-order valence-electron chi connectivity index (χ4n) is 2.90. The fraction of sp³-hybridized carbons (Fsp3) is 0.353. The molecular weight excluding hydrogens is 310 g/mol. The highest BCUT2D eigenvalue weighted by Gasteiger charge is 2.24. The molecule has 128 valence electrons. The number of imidazole rings is 1. The van der Waals surface area contributed by atoms with Crippen LogP contribution in [0.1, 0.15) is 24.7 Å². The van der Waals surface area contributed by atoms with Gasteiger partial charge in [-0.1, -0.05) is 6.92 Å². The SMILES string of the molecule is CCc1c(O)c(O)n(CCCn2ccnc2)c1-c1ccc(CO)o1. The normalized spacial score (nSPS) is 11.2. The number of hydrogen-bond donors (Lipinski definition) is 3. The third-order valence-electron chi connectivity index (χ3n) is 4.07. The predicted octanol–water partition coefficient (Wildman–Crippen LogP) is 2.50. The van der Waals surface area contributed by atoms with Crippen molar-refractivity contribution in [3.8, 4) is 23.1 Å². The summed E-state index contributed by atoms with van der Waals surface area (Å²) in [6.07, 6.45) is 6.65. The second kappa shape index (κ2) is 6.84. The van der Waals surface area contributed by atoms with E-state index in [1.807, 2.05) is 17.7 Å². The molecule has 3 aromatic heterocycles. The zero-order valence-electron chi connectivity index (χ0n) is 13.5. The van der Waals surface area contributed by atoms with Crippen molar-refractivity contribution >= 4 is 0 Å². The van der Waals surface area contributed by atoms with Crippen LogP contribution in [-0.4, -0.2) is 29.4 Å². The van der Waals surface area contributed by atoms with Crippen LogP contribution in [0.25, 0.3) is 11.5 Å². The van der Waals surface area contributed by atoms with E-state index in [9.17, 15) is 15.3 Å². The number of aliphatic hydroxyl groups is 1. The molecule has 0 aromatic carbocycles. The summed E-state index contributed by atoms with van der Waals surface area (Å²) in [5.74, 6) is 0.692. The van der Waals surface area contributed by atoms with Crippen LogP contribution in [0, 0.1) is 0 Å². The monoisotopic (exact) mass is 331 g/mol. The third kappa shape index (κ3) is 2.90. The van der Waals surface area contributed by atoms with E-state index in [1.165, 1.54) is 0 Å². The Morgan fingerprint density at radius 1 is 1.21 bits per heavy atom. The van der Waals surface area contributed by atoms with Gasteiger partial charge in [-0.2, -0.15) is 0 Å². The molecule has 3 rings (SSSR count). The maximum atomic E-state index is 10.3. The van der Waals surface area contributed by atoms with Crippen molar-refractivity contribution in [2.45, 2.75) is 39.5 Å². The number of aromatic hydroxyl groups is 2. The summed E-state index contributed by atoms with van der Waals surface area (Å²) in [5, 5.41) is 29.7. The Hall–Kier alpha value is -2.67. The van der Waals surface area contributed by atoms with Crippen LogP contribution in [0.3, 0.4) is 0 Å². The van der Waals surface area contributed by atoms with E-state index in [-0.39, 0.29) is 18.2 Å². The molecule has 3 aromatic rings. The minimum absolute atomic E-state index is 0.114. The molecule has 3 N–H and O–H groups in total. The maximum Gasteiger partial charge on any atom is 0.235 e. The molecule has 0 atom stereocenters. The molecule has 0 aliphatic carbocycles. The molecular formula is C17H21N3O4. The van der Waals surface area contributed by atoms with Crippen molar-refractivity contribution in [1.82, 2.24) is 14.1 Å². The summed E-state index contributed by atoms with van der Waals surface area (Å²) >= 11 is 0. The number of aromatic nitrogens is 3. The molecule has 0 radical (unpaired) electrons. The topological polar surface area (TPSA) is 96.6 Å². The van der Waals surface area contributed by atoms with Crippen molar-refractivity contribution in [1.29, 1.82) is 0 Å². The van der Waals surface area contributed by atoms with Gasteiger partial charge in [0.1, 0.15) is 12.4 Å². The number of rotatable bonds is 7. The van der Waals surface area contributed by atoms with Crippen LogP contribution in [-0.2, 0) is 26.1 Å². The summed E-state index contributed by atoms with van der Waals surface area (Å²) in [7, 11) is 0. The van der Waals surface area contributed by atoms with E-state index >= 15 is 0 Å². The lowest BCUT2D eigenvalue weighted by Crippen LogP contribution is -2.04. The maximum absolute atomic E-state index is 10.3. The smallest absolute Gasteiger partial charge is 0.235 e. The van der Waals surface area contributed by atoms with Gasteiger partial charge in [-0.05, 0) is 25.0 Å². The van der Waals surface area contributed by atoms with Crippen LogP contribution in [0.2, 0.25) is 0 Å². The average molecular weight is 331 g/mol. The third-order valence-corrected chi connectivity index (χ3v) is 4.07. The molecule has 7 nitrogen and oxygen atoms in total. The molecule has 0 saturated heterocycles. The minimum atomic E-state index is -0.194. The highest BCUT2D eigenvalue weighted by atomic mass is 16.4. The molecule has 0 spiro atoms. The van der Waals surface area contributed by atoms with Gasteiger partial charge in [0.15, 0.2) is 11.5 Å². The molecule has 0 aliphatic rings. The van der Waals surface area contributed by atoms with Crippen LogP contribution in [0.5, 0.6) is 11.6 Å². The molecule has 0 aliphatic heterocycles. The first-order valence-corrected chi connectivity index (χ1v) is 7.94. The second-order valence-electron chi connectivity index (χ2n) is 5.58. The van der Waals surface area contributed by atoms with Gasteiger partial charge >= 0.3 is 0 Å². The van der Waals surface area contributed by atoms with Gasteiger partial charge < -0.3 is 28.9 Å². The quantitative estimate of drug-likeness (QED) is 0.618. The molecule has 3 heterocycles. The number of aryl methyl sites for hydroxylation is 1. The molecule has 0 fully saturated rings. The number of nitrogens with zero attached hydrogens (tertiary/aromatic N) is 3. The predicted molar refractivity (Wildman–Crippen MR) is 87.6 cm³/mol. The van der Waals surface area contributed by atoms with Crippen LogP contribution < -0.4 is 0 Å². The van der Waals surface area contributed by atoms with Gasteiger partial charge in [0.05, 0.1) is 12.0 Å². The Bertz CT molecular complexity index is 802. The Morgan fingerprint density at radius 2 is 2.04 bits per heavy atom. The van der Waals surface area contributed by atoms with Crippen molar-refractivity contribution in [2.75, 3.05) is 0 Å². The molecule has 0 saturated carbocycles. The zero-order chi connectivity index (χ0) is 17.1. The van der Waals surface area contributed by atoms with E-state index in [0.717, 1.165) is 13.0 Å². The summed E-state index contributed by atoms with van der Waals surface area (Å²) in [4.78, 5) is 4.00. The first kappa shape index (κ1) is 16.2. The second-order valence-corrected chi connectivity index (χ2v) is 5.58. The lowest BCUT2D eigenvalue weighted by atomic mass is 10.1. The number of furan rings is 1. The van der Waals surface area contributed by atoms with Gasteiger partial charge in [0, 0.05) is 31.0 Å². The number of aliphatic hydroxyl groups excluding tert-OH is 1. The van der Waals surface area contributed by atoms with Gasteiger partial charge in [-0.25, -0.2) is 4.98 Å². The average Bonchev–Trinajstić information content (AvgIpc) is 3.30.